The number of benzene rings is 2. The number of rotatable bonds is 3. The third kappa shape index (κ3) is 3.48. The van der Waals surface area contributed by atoms with E-state index in [2.05, 4.69) is 14.9 Å². The molecule has 5 nitrogen and oxygen atoms in total. The number of nitrogens with zero attached hydrogens (tertiary/aromatic N) is 3. The number of carbonyl (C=O) groups is 1. The van der Waals surface area contributed by atoms with E-state index in [1.165, 1.54) is 6.07 Å². The van der Waals surface area contributed by atoms with Crippen molar-refractivity contribution in [2.24, 2.45) is 5.92 Å². The molecule has 2 aliphatic heterocycles. The van der Waals surface area contributed by atoms with Gasteiger partial charge in [-0.2, -0.15) is 0 Å². The molecule has 29 heavy (non-hydrogen) atoms. The largest absolute Gasteiger partial charge is 0.371 e. The van der Waals surface area contributed by atoms with E-state index in [9.17, 15) is 9.18 Å². The minimum atomic E-state index is -0.285. The number of para-hydroxylation sites is 2. The number of piperidine rings is 1. The molecule has 150 valence electrons. The number of amides is 1. The second-order valence-electron chi connectivity index (χ2n) is 8.06. The molecule has 3 aromatic rings. The van der Waals surface area contributed by atoms with Crippen molar-refractivity contribution >= 4 is 22.6 Å². The summed E-state index contributed by atoms with van der Waals surface area (Å²) in [5.41, 5.74) is 3.19. The molecule has 0 radical (unpaired) electrons. The first kappa shape index (κ1) is 18.2. The molecule has 2 saturated heterocycles. The molecule has 1 aromatic heterocycles. The van der Waals surface area contributed by atoms with Gasteiger partial charge < -0.3 is 14.8 Å². The van der Waals surface area contributed by atoms with Crippen LogP contribution in [0.4, 0.5) is 10.1 Å². The van der Waals surface area contributed by atoms with Crippen LogP contribution in [0.5, 0.6) is 0 Å². The van der Waals surface area contributed by atoms with E-state index in [1.807, 2.05) is 41.3 Å². The highest BCUT2D eigenvalue weighted by Crippen LogP contribution is 2.30. The maximum Gasteiger partial charge on any atom is 0.225 e. The van der Waals surface area contributed by atoms with Crippen LogP contribution >= 0.6 is 0 Å². The van der Waals surface area contributed by atoms with E-state index in [-0.39, 0.29) is 11.7 Å². The molecule has 2 aliphatic rings. The fraction of sp³-hybridized carbons (Fsp3) is 0.391. The molecule has 2 aromatic carbocycles. The number of hydrogen-bond donors (Lipinski definition) is 1. The highest BCUT2D eigenvalue weighted by atomic mass is 19.1. The molecule has 0 saturated carbocycles. The first-order valence-electron chi connectivity index (χ1n) is 10.5. The predicted molar refractivity (Wildman–Crippen MR) is 112 cm³/mol. The lowest BCUT2D eigenvalue weighted by atomic mass is 9.95. The first-order valence-corrected chi connectivity index (χ1v) is 10.5. The second-order valence-corrected chi connectivity index (χ2v) is 8.06. The molecule has 2 fully saturated rings. The summed E-state index contributed by atoms with van der Waals surface area (Å²) in [4.78, 5) is 24.7. The third-order valence-corrected chi connectivity index (χ3v) is 6.22. The number of hydrogen-bond acceptors (Lipinski definition) is 3. The fourth-order valence-corrected chi connectivity index (χ4v) is 4.55. The predicted octanol–water partition coefficient (Wildman–Crippen LogP) is 4.21. The lowest BCUT2D eigenvalue weighted by molar-refractivity contribution is -0.135. The zero-order valence-electron chi connectivity index (χ0n) is 16.4. The number of H-pyrrole nitrogens is 1. The van der Waals surface area contributed by atoms with Crippen molar-refractivity contribution < 1.29 is 9.18 Å². The van der Waals surface area contributed by atoms with Crippen molar-refractivity contribution in [1.82, 2.24) is 14.9 Å². The van der Waals surface area contributed by atoms with Gasteiger partial charge in [0.05, 0.1) is 16.6 Å². The number of nitrogens with one attached hydrogen (secondary N) is 1. The van der Waals surface area contributed by atoms with Crippen LogP contribution < -0.4 is 4.90 Å². The average Bonchev–Trinajstić information content (AvgIpc) is 3.44. The Balaban J connectivity index is 1.33. The molecule has 0 aliphatic carbocycles. The van der Waals surface area contributed by atoms with Crippen molar-refractivity contribution in [3.05, 3.63) is 48.3 Å². The van der Waals surface area contributed by atoms with Crippen LogP contribution in [-0.4, -0.2) is 47.0 Å². The first-order chi connectivity index (χ1) is 14.2. The number of anilines is 1. The van der Waals surface area contributed by atoms with Crippen LogP contribution in [0.25, 0.3) is 22.4 Å². The van der Waals surface area contributed by atoms with Crippen LogP contribution in [0.1, 0.15) is 25.7 Å². The van der Waals surface area contributed by atoms with Gasteiger partial charge in [-0.15, -0.1) is 0 Å². The van der Waals surface area contributed by atoms with E-state index in [0.29, 0.717) is 17.3 Å². The highest BCUT2D eigenvalue weighted by Gasteiger charge is 2.30. The Bertz CT molecular complexity index is 999. The monoisotopic (exact) mass is 392 g/mol. The van der Waals surface area contributed by atoms with Crippen molar-refractivity contribution in [2.75, 3.05) is 31.1 Å². The van der Waals surface area contributed by atoms with E-state index in [4.69, 9.17) is 0 Å². The van der Waals surface area contributed by atoms with Crippen molar-refractivity contribution in [3.8, 4) is 11.4 Å². The summed E-state index contributed by atoms with van der Waals surface area (Å²) in [6.07, 6.45) is 3.97. The molecular formula is C23H25FN4O. The highest BCUT2D eigenvalue weighted by molar-refractivity contribution is 5.81. The summed E-state index contributed by atoms with van der Waals surface area (Å²) in [7, 11) is 0. The summed E-state index contributed by atoms with van der Waals surface area (Å²) >= 11 is 0. The Labute approximate surface area is 169 Å². The molecule has 1 N–H and O–H groups in total. The standard InChI is InChI=1S/C23H25FN4O/c24-19-8-7-17(15-18(19)22-25-20-5-1-2-6-21(20)26-22)27-13-9-16(10-14-27)23(29)28-11-3-4-12-28/h1-2,5-8,15-16H,3-4,9-14H2,(H,25,26). The molecule has 6 heteroatoms. The Morgan fingerprint density at radius 1 is 1.03 bits per heavy atom. The Kier molecular flexibility index (Phi) is 4.70. The van der Waals surface area contributed by atoms with Crippen LogP contribution in [0.15, 0.2) is 42.5 Å². The number of fused-ring (bicyclic) bond motifs is 1. The van der Waals surface area contributed by atoms with Gasteiger partial charge in [0.25, 0.3) is 0 Å². The second kappa shape index (κ2) is 7.50. The molecule has 0 atom stereocenters. The molecule has 0 unspecified atom stereocenters. The summed E-state index contributed by atoms with van der Waals surface area (Å²) < 4.78 is 14.6. The number of aromatic nitrogens is 2. The van der Waals surface area contributed by atoms with Gasteiger partial charge in [0.1, 0.15) is 11.6 Å². The van der Waals surface area contributed by atoms with Crippen molar-refractivity contribution in [3.63, 3.8) is 0 Å². The minimum absolute atomic E-state index is 0.125. The van der Waals surface area contributed by atoms with Gasteiger partial charge in [-0.25, -0.2) is 9.37 Å². The maximum absolute atomic E-state index is 14.6. The smallest absolute Gasteiger partial charge is 0.225 e. The van der Waals surface area contributed by atoms with Crippen molar-refractivity contribution in [2.45, 2.75) is 25.7 Å². The third-order valence-electron chi connectivity index (χ3n) is 6.22. The fourth-order valence-electron chi connectivity index (χ4n) is 4.55. The number of likely N-dealkylation sites (tertiary alicyclic amines) is 1. The molecule has 0 spiro atoms. The van der Waals surface area contributed by atoms with Crippen LogP contribution in [0.2, 0.25) is 0 Å². The number of carbonyl (C=O) groups excluding carboxylic acids is 1. The molecule has 3 heterocycles. The van der Waals surface area contributed by atoms with Gasteiger partial charge >= 0.3 is 0 Å². The van der Waals surface area contributed by atoms with E-state index in [0.717, 1.165) is 68.6 Å². The normalized spacial score (nSPS) is 18.0. The van der Waals surface area contributed by atoms with Gasteiger partial charge in [0.2, 0.25) is 5.91 Å². The summed E-state index contributed by atoms with van der Waals surface area (Å²) in [5, 5.41) is 0. The molecular weight excluding hydrogens is 367 g/mol. The topological polar surface area (TPSA) is 52.2 Å². The number of halogens is 1. The zero-order valence-corrected chi connectivity index (χ0v) is 16.4. The van der Waals surface area contributed by atoms with Gasteiger partial charge in [-0.3, -0.25) is 4.79 Å². The van der Waals surface area contributed by atoms with Gasteiger partial charge in [0, 0.05) is 37.8 Å². The number of aromatic amines is 1. The van der Waals surface area contributed by atoms with Gasteiger partial charge in [-0.05, 0) is 56.0 Å². The zero-order chi connectivity index (χ0) is 19.8. The van der Waals surface area contributed by atoms with Crippen LogP contribution in [-0.2, 0) is 4.79 Å². The molecule has 1 amide bonds. The number of imidazole rings is 1. The van der Waals surface area contributed by atoms with E-state index < -0.39 is 0 Å². The van der Waals surface area contributed by atoms with Crippen molar-refractivity contribution in [1.29, 1.82) is 0 Å². The van der Waals surface area contributed by atoms with E-state index in [1.54, 1.807) is 0 Å². The lowest BCUT2D eigenvalue weighted by Crippen LogP contribution is -2.41. The Morgan fingerprint density at radius 3 is 2.55 bits per heavy atom. The van der Waals surface area contributed by atoms with Gasteiger partial charge in [0.15, 0.2) is 0 Å². The SMILES string of the molecule is O=C(C1CCN(c2ccc(F)c(-c3nc4ccccc4[nH]3)c2)CC1)N1CCCC1. The summed E-state index contributed by atoms with van der Waals surface area (Å²) in [5.74, 6) is 0.709. The van der Waals surface area contributed by atoms with E-state index >= 15 is 0 Å². The maximum atomic E-state index is 14.6. The minimum Gasteiger partial charge on any atom is -0.371 e. The summed E-state index contributed by atoms with van der Waals surface area (Å²) in [6.45, 7) is 3.46. The molecule has 0 bridgehead atoms. The summed E-state index contributed by atoms with van der Waals surface area (Å²) in [6, 6.07) is 12.9. The molecule has 5 rings (SSSR count). The van der Waals surface area contributed by atoms with Gasteiger partial charge in [-0.1, -0.05) is 12.1 Å². The Morgan fingerprint density at radius 2 is 1.79 bits per heavy atom. The average molecular weight is 392 g/mol. The quantitative estimate of drug-likeness (QED) is 0.727. The lowest BCUT2D eigenvalue weighted by Gasteiger charge is -2.34. The van der Waals surface area contributed by atoms with Crippen LogP contribution in [0.3, 0.4) is 0 Å². The van der Waals surface area contributed by atoms with Crippen LogP contribution in [0, 0.1) is 11.7 Å². The Hall–Kier alpha value is -2.89.